The van der Waals surface area contributed by atoms with Crippen LogP contribution in [0.5, 0.6) is 0 Å². The molecule has 0 aromatic heterocycles. The molecule has 0 saturated carbocycles. The lowest BCUT2D eigenvalue weighted by molar-refractivity contribution is -0.116. The summed E-state index contributed by atoms with van der Waals surface area (Å²) in [5, 5.41) is 0. The van der Waals surface area contributed by atoms with E-state index in [-0.39, 0.29) is 29.9 Å². The lowest BCUT2D eigenvalue weighted by Crippen LogP contribution is -2.16. The van der Waals surface area contributed by atoms with Crippen molar-refractivity contribution in [2.75, 3.05) is 0 Å². The highest BCUT2D eigenvalue weighted by Gasteiger charge is 2.51. The Morgan fingerprint density at radius 3 is 1.65 bits per heavy atom. The molecule has 0 N–H and O–H groups in total. The zero-order valence-electron chi connectivity index (χ0n) is 8.28. The van der Waals surface area contributed by atoms with Crippen LogP contribution < -0.4 is 0 Å². The summed E-state index contributed by atoms with van der Waals surface area (Å²) in [5.41, 5.74) is 0. The molecule has 98 valence electrons. The number of rotatable bonds is 2. The predicted octanol–water partition coefficient (Wildman–Crippen LogP) is 4.11. The Bertz CT molecular complexity index is 330. The van der Waals surface area contributed by atoms with E-state index in [4.69, 9.17) is 0 Å². The Labute approximate surface area is 101 Å². The molecular weight excluding hydrogens is 290 g/mol. The monoisotopic (exact) mass is 296 g/mol. The van der Waals surface area contributed by atoms with Crippen molar-refractivity contribution in [1.29, 1.82) is 0 Å². The van der Waals surface area contributed by atoms with E-state index in [0.29, 0.717) is 0 Å². The summed E-state index contributed by atoms with van der Waals surface area (Å²) in [5.74, 6) is -0.444. The number of alkyl halides is 6. The summed E-state index contributed by atoms with van der Waals surface area (Å²) in [6.45, 7) is 1.12. The van der Waals surface area contributed by atoms with Gasteiger partial charge in [0.25, 0.3) is 0 Å². The van der Waals surface area contributed by atoms with E-state index >= 15 is 0 Å². The van der Waals surface area contributed by atoms with Gasteiger partial charge < -0.3 is 0 Å². The second kappa shape index (κ2) is 4.75. The highest BCUT2D eigenvalue weighted by atomic mass is 32.2. The van der Waals surface area contributed by atoms with Crippen LogP contribution in [-0.2, 0) is 4.79 Å². The Balaban J connectivity index is 2.97. The number of carbonyl (C=O) groups excluding carboxylic acids is 1. The maximum absolute atomic E-state index is 12.4. The highest BCUT2D eigenvalue weighted by Crippen LogP contribution is 2.57. The Hall–Kier alpha value is -0.310. The summed E-state index contributed by atoms with van der Waals surface area (Å²) in [6.07, 6.45) is -10.4. The van der Waals surface area contributed by atoms with E-state index in [1.165, 1.54) is 0 Å². The van der Waals surface area contributed by atoms with Crippen LogP contribution in [0.1, 0.15) is 13.3 Å². The van der Waals surface area contributed by atoms with Crippen molar-refractivity contribution in [3.05, 3.63) is 9.81 Å². The SMILES string of the molecule is CC(=O)CC1SC(C(F)(F)F)=C(C(F)(F)F)S1. The number of hydrogen-bond acceptors (Lipinski definition) is 3. The molecule has 0 aromatic rings. The summed E-state index contributed by atoms with van der Waals surface area (Å²) >= 11 is 0.115. The maximum Gasteiger partial charge on any atom is 0.423 e. The average Bonchev–Trinajstić information content (AvgIpc) is 2.44. The normalized spacial score (nSPS) is 19.0. The molecule has 17 heavy (non-hydrogen) atoms. The van der Waals surface area contributed by atoms with Gasteiger partial charge in [0, 0.05) is 6.42 Å². The zero-order chi connectivity index (χ0) is 13.4. The number of halogens is 6. The van der Waals surface area contributed by atoms with E-state index in [9.17, 15) is 31.1 Å². The molecule has 1 rings (SSSR count). The van der Waals surface area contributed by atoms with Crippen LogP contribution in [-0.4, -0.2) is 22.7 Å². The van der Waals surface area contributed by atoms with Gasteiger partial charge in [-0.2, -0.15) is 26.3 Å². The second-order valence-corrected chi connectivity index (χ2v) is 5.95. The van der Waals surface area contributed by atoms with E-state index in [1.54, 1.807) is 0 Å². The fraction of sp³-hybridized carbons (Fsp3) is 0.625. The van der Waals surface area contributed by atoms with Crippen molar-refractivity contribution in [1.82, 2.24) is 0 Å². The summed E-state index contributed by atoms with van der Waals surface area (Å²) < 4.78 is 73.2. The van der Waals surface area contributed by atoms with Gasteiger partial charge in [0.1, 0.15) is 15.6 Å². The Morgan fingerprint density at radius 1 is 1.06 bits per heavy atom. The topological polar surface area (TPSA) is 17.1 Å². The number of thioether (sulfide) groups is 2. The first-order valence-corrected chi connectivity index (χ1v) is 5.99. The molecule has 0 aromatic carbocycles. The molecule has 0 fully saturated rings. The van der Waals surface area contributed by atoms with Crippen LogP contribution in [0, 0.1) is 0 Å². The van der Waals surface area contributed by atoms with Gasteiger partial charge in [-0.3, -0.25) is 4.79 Å². The van der Waals surface area contributed by atoms with Crippen LogP contribution >= 0.6 is 23.5 Å². The number of Topliss-reactive ketones (excluding diaryl/α,β-unsaturated/α-hetero) is 1. The Kier molecular flexibility index (Phi) is 4.12. The molecule has 0 radical (unpaired) electrons. The molecule has 0 spiro atoms. The van der Waals surface area contributed by atoms with E-state index in [0.717, 1.165) is 6.92 Å². The lowest BCUT2D eigenvalue weighted by Gasteiger charge is -2.11. The molecule has 0 bridgehead atoms. The van der Waals surface area contributed by atoms with Gasteiger partial charge in [-0.1, -0.05) is 0 Å². The van der Waals surface area contributed by atoms with Crippen LogP contribution in [0.25, 0.3) is 0 Å². The number of ketones is 1. The van der Waals surface area contributed by atoms with Gasteiger partial charge in [-0.15, -0.1) is 23.5 Å². The molecule has 0 saturated heterocycles. The summed E-state index contributed by atoms with van der Waals surface area (Å²) in [4.78, 5) is 7.40. The van der Waals surface area contributed by atoms with Crippen LogP contribution in [0.4, 0.5) is 26.3 Å². The van der Waals surface area contributed by atoms with Gasteiger partial charge in [0.05, 0.1) is 4.58 Å². The van der Waals surface area contributed by atoms with Gasteiger partial charge in [-0.05, 0) is 6.92 Å². The zero-order valence-corrected chi connectivity index (χ0v) is 9.91. The molecule has 1 aliphatic heterocycles. The standard InChI is InChI=1S/C8H6F6OS2/c1-3(15)2-4-16-5(7(9,10)11)6(17-4)8(12,13)14/h4H,2H2,1H3. The van der Waals surface area contributed by atoms with E-state index in [2.05, 4.69) is 0 Å². The first-order chi connectivity index (χ1) is 7.51. The lowest BCUT2D eigenvalue weighted by atomic mass is 10.3. The van der Waals surface area contributed by atoms with Crippen molar-refractivity contribution in [2.24, 2.45) is 0 Å². The molecular formula is C8H6F6OS2. The van der Waals surface area contributed by atoms with E-state index < -0.39 is 32.5 Å². The van der Waals surface area contributed by atoms with Crippen molar-refractivity contribution < 1.29 is 31.1 Å². The third-order valence-corrected chi connectivity index (χ3v) is 4.58. The molecule has 0 amide bonds. The van der Waals surface area contributed by atoms with Crippen LogP contribution in [0.3, 0.4) is 0 Å². The number of carbonyl (C=O) groups is 1. The quantitative estimate of drug-likeness (QED) is 0.714. The largest absolute Gasteiger partial charge is 0.423 e. The highest BCUT2D eigenvalue weighted by molar-refractivity contribution is 8.23. The first-order valence-electron chi connectivity index (χ1n) is 4.23. The molecule has 1 nitrogen and oxygen atoms in total. The Morgan fingerprint density at radius 2 is 1.41 bits per heavy atom. The fourth-order valence-corrected chi connectivity index (χ4v) is 4.04. The maximum atomic E-state index is 12.4. The number of allylic oxidation sites excluding steroid dienone is 2. The van der Waals surface area contributed by atoms with E-state index in [1.807, 2.05) is 0 Å². The summed E-state index contributed by atoms with van der Waals surface area (Å²) in [6, 6.07) is 0. The van der Waals surface area contributed by atoms with Crippen molar-refractivity contribution in [2.45, 2.75) is 30.3 Å². The minimum absolute atomic E-state index is 0.0577. The molecule has 9 heteroatoms. The molecule has 1 heterocycles. The van der Waals surface area contributed by atoms with Crippen molar-refractivity contribution >= 4 is 29.3 Å². The van der Waals surface area contributed by atoms with Crippen molar-refractivity contribution in [3.63, 3.8) is 0 Å². The van der Waals surface area contributed by atoms with Gasteiger partial charge in [-0.25, -0.2) is 0 Å². The third kappa shape index (κ3) is 3.84. The minimum atomic E-state index is -5.03. The number of hydrogen-bond donors (Lipinski definition) is 0. The third-order valence-electron chi connectivity index (χ3n) is 1.67. The van der Waals surface area contributed by atoms with Crippen LogP contribution in [0.2, 0.25) is 0 Å². The smallest absolute Gasteiger partial charge is 0.300 e. The van der Waals surface area contributed by atoms with Crippen molar-refractivity contribution in [3.8, 4) is 0 Å². The van der Waals surface area contributed by atoms with Gasteiger partial charge in [0.2, 0.25) is 0 Å². The second-order valence-electron chi connectivity index (χ2n) is 3.23. The molecule has 0 atom stereocenters. The molecule has 0 aliphatic carbocycles. The van der Waals surface area contributed by atoms with Crippen LogP contribution in [0.15, 0.2) is 9.81 Å². The van der Waals surface area contributed by atoms with Gasteiger partial charge in [0.15, 0.2) is 0 Å². The molecule has 0 unspecified atom stereocenters. The summed E-state index contributed by atoms with van der Waals surface area (Å²) in [7, 11) is 0. The molecule has 1 aliphatic rings. The first kappa shape index (κ1) is 14.7. The fourth-order valence-electron chi connectivity index (χ4n) is 1.10. The predicted molar refractivity (Wildman–Crippen MR) is 53.4 cm³/mol. The van der Waals surface area contributed by atoms with Gasteiger partial charge >= 0.3 is 12.4 Å². The minimum Gasteiger partial charge on any atom is -0.300 e. The average molecular weight is 296 g/mol.